The predicted molar refractivity (Wildman–Crippen MR) is 122 cm³/mol. The van der Waals surface area contributed by atoms with Crippen molar-refractivity contribution in [3.8, 4) is 11.5 Å². The number of hydrogen-bond acceptors (Lipinski definition) is 6. The highest BCUT2D eigenvalue weighted by atomic mass is 32.2. The molecule has 0 aliphatic carbocycles. The Kier molecular flexibility index (Phi) is 5.61. The van der Waals surface area contributed by atoms with E-state index in [1.807, 2.05) is 26.8 Å². The fraction of sp³-hybridized carbons (Fsp3) is 0.409. The minimum Gasteiger partial charge on any atom is -0.497 e. The first-order chi connectivity index (χ1) is 14.6. The van der Waals surface area contributed by atoms with Gasteiger partial charge in [0.05, 0.1) is 28.3 Å². The third-order valence-electron chi connectivity index (χ3n) is 5.37. The molecule has 1 aromatic heterocycles. The molecule has 7 nitrogen and oxygen atoms in total. The number of methoxy groups -OCH3 is 1. The number of nitrogens with one attached hydrogen (secondary N) is 1. The Bertz CT molecular complexity index is 1290. The van der Waals surface area contributed by atoms with Gasteiger partial charge >= 0.3 is 4.87 Å². The minimum atomic E-state index is -3.82. The summed E-state index contributed by atoms with van der Waals surface area (Å²) in [6.45, 7) is 6.47. The first kappa shape index (κ1) is 21.9. The number of rotatable bonds is 6. The number of nitrogens with zero attached hydrogens (tertiary/aromatic N) is 1. The van der Waals surface area contributed by atoms with Gasteiger partial charge in [0.25, 0.3) is 0 Å². The van der Waals surface area contributed by atoms with Crippen molar-refractivity contribution in [2.45, 2.75) is 56.7 Å². The zero-order valence-corrected chi connectivity index (χ0v) is 19.6. The number of benzene rings is 2. The molecule has 3 aromatic rings. The van der Waals surface area contributed by atoms with Crippen LogP contribution in [0.3, 0.4) is 0 Å². The normalized spacial score (nSPS) is 17.9. The lowest BCUT2D eigenvalue weighted by molar-refractivity contribution is 0.0699. The summed E-state index contributed by atoms with van der Waals surface area (Å²) < 4.78 is 43.0. The van der Waals surface area contributed by atoms with E-state index in [-0.39, 0.29) is 9.77 Å². The highest BCUT2D eigenvalue weighted by Crippen LogP contribution is 2.41. The van der Waals surface area contributed by atoms with Crippen LogP contribution in [0.5, 0.6) is 11.5 Å². The molecule has 2 aromatic carbocycles. The van der Waals surface area contributed by atoms with Gasteiger partial charge in [-0.2, -0.15) is 0 Å². The summed E-state index contributed by atoms with van der Waals surface area (Å²) in [5.41, 5.74) is 0.983. The number of sulfonamides is 1. The van der Waals surface area contributed by atoms with Crippen molar-refractivity contribution in [3.63, 3.8) is 0 Å². The van der Waals surface area contributed by atoms with Crippen molar-refractivity contribution in [1.29, 1.82) is 0 Å². The van der Waals surface area contributed by atoms with Crippen molar-refractivity contribution < 1.29 is 17.9 Å². The van der Waals surface area contributed by atoms with Crippen molar-refractivity contribution >= 4 is 31.6 Å². The smallest absolute Gasteiger partial charge is 0.308 e. The average molecular weight is 463 g/mol. The van der Waals surface area contributed by atoms with Crippen LogP contribution in [-0.4, -0.2) is 25.7 Å². The van der Waals surface area contributed by atoms with E-state index in [2.05, 4.69) is 4.72 Å². The van der Waals surface area contributed by atoms with Gasteiger partial charge in [-0.25, -0.2) is 13.1 Å². The zero-order valence-electron chi connectivity index (χ0n) is 18.0. The van der Waals surface area contributed by atoms with E-state index < -0.39 is 21.7 Å². The first-order valence-electron chi connectivity index (χ1n) is 10.2. The topological polar surface area (TPSA) is 86.6 Å². The lowest BCUT2D eigenvalue weighted by Crippen LogP contribution is -2.41. The zero-order chi connectivity index (χ0) is 22.4. The van der Waals surface area contributed by atoms with Gasteiger partial charge in [-0.15, -0.1) is 0 Å². The molecule has 1 N–H and O–H groups in total. The third-order valence-corrected chi connectivity index (χ3v) is 7.78. The molecular weight excluding hydrogens is 436 g/mol. The van der Waals surface area contributed by atoms with Gasteiger partial charge in [0.2, 0.25) is 10.0 Å². The quantitative estimate of drug-likeness (QED) is 0.597. The van der Waals surface area contributed by atoms with E-state index in [1.165, 1.54) is 0 Å². The fourth-order valence-corrected chi connectivity index (χ4v) is 6.24. The number of hydrogen-bond donors (Lipinski definition) is 1. The summed E-state index contributed by atoms with van der Waals surface area (Å²) in [6.07, 6.45) is 1.31. The largest absolute Gasteiger partial charge is 0.497 e. The van der Waals surface area contributed by atoms with E-state index in [1.54, 1.807) is 42.0 Å². The molecule has 0 bridgehead atoms. The van der Waals surface area contributed by atoms with Crippen LogP contribution in [0.25, 0.3) is 10.2 Å². The van der Waals surface area contributed by atoms with E-state index in [4.69, 9.17) is 9.47 Å². The highest BCUT2D eigenvalue weighted by molar-refractivity contribution is 7.89. The molecular formula is C22H26N2O5S2. The van der Waals surface area contributed by atoms with Crippen LogP contribution in [0, 0.1) is 0 Å². The summed E-state index contributed by atoms with van der Waals surface area (Å²) >= 11 is 1.07. The molecule has 0 fully saturated rings. The van der Waals surface area contributed by atoms with Crippen molar-refractivity contribution in [2.24, 2.45) is 0 Å². The first-order valence-corrected chi connectivity index (χ1v) is 12.5. The second-order valence-corrected chi connectivity index (χ2v) is 11.0. The summed E-state index contributed by atoms with van der Waals surface area (Å²) in [5.74, 6) is 1.25. The van der Waals surface area contributed by atoms with Crippen molar-refractivity contribution in [1.82, 2.24) is 9.29 Å². The molecule has 9 heteroatoms. The SMILES string of the molecule is CCCn1c(=O)sc2cc(S(=O)(=O)N[C@@H]3CC(C)(C)Oc4cc(OC)ccc43)ccc21. The van der Waals surface area contributed by atoms with Gasteiger partial charge in [0, 0.05) is 24.6 Å². The fourth-order valence-electron chi connectivity index (χ4n) is 3.97. The summed E-state index contributed by atoms with van der Waals surface area (Å²) in [6, 6.07) is 9.80. The second-order valence-electron chi connectivity index (χ2n) is 8.29. The molecule has 0 unspecified atom stereocenters. The molecule has 0 radical (unpaired) electrons. The molecule has 1 aliphatic heterocycles. The van der Waals surface area contributed by atoms with Crippen LogP contribution in [0.2, 0.25) is 0 Å². The monoisotopic (exact) mass is 462 g/mol. The molecule has 1 atom stereocenters. The van der Waals surface area contributed by atoms with E-state index in [9.17, 15) is 13.2 Å². The molecule has 2 heterocycles. The molecule has 0 saturated carbocycles. The Morgan fingerprint density at radius 3 is 2.74 bits per heavy atom. The van der Waals surface area contributed by atoms with Gasteiger partial charge in [0.1, 0.15) is 17.1 Å². The average Bonchev–Trinajstić information content (AvgIpc) is 3.01. The highest BCUT2D eigenvalue weighted by Gasteiger charge is 2.36. The Balaban J connectivity index is 1.70. The lowest BCUT2D eigenvalue weighted by Gasteiger charge is -2.37. The van der Waals surface area contributed by atoms with Gasteiger partial charge in [0.15, 0.2) is 0 Å². The Labute approximate surface area is 185 Å². The summed E-state index contributed by atoms with van der Waals surface area (Å²) in [5, 5.41) is 0. The molecule has 0 spiro atoms. The summed E-state index contributed by atoms with van der Waals surface area (Å²) in [7, 11) is -2.24. The Morgan fingerprint density at radius 1 is 1.26 bits per heavy atom. The molecule has 31 heavy (non-hydrogen) atoms. The molecule has 0 saturated heterocycles. The van der Waals surface area contributed by atoms with Gasteiger partial charge < -0.3 is 9.47 Å². The van der Waals surface area contributed by atoms with Crippen LogP contribution >= 0.6 is 11.3 Å². The van der Waals surface area contributed by atoms with Gasteiger partial charge in [-0.3, -0.25) is 9.36 Å². The van der Waals surface area contributed by atoms with Crippen LogP contribution in [-0.2, 0) is 16.6 Å². The van der Waals surface area contributed by atoms with E-state index >= 15 is 0 Å². The van der Waals surface area contributed by atoms with Crippen LogP contribution in [0.1, 0.15) is 45.2 Å². The van der Waals surface area contributed by atoms with Crippen LogP contribution in [0.15, 0.2) is 46.1 Å². The summed E-state index contributed by atoms with van der Waals surface area (Å²) in [4.78, 5) is 12.3. The molecule has 166 valence electrons. The maximum Gasteiger partial charge on any atom is 0.308 e. The Morgan fingerprint density at radius 2 is 2.03 bits per heavy atom. The number of aromatic nitrogens is 1. The second kappa shape index (κ2) is 7.96. The molecule has 0 amide bonds. The molecule has 4 rings (SSSR count). The van der Waals surface area contributed by atoms with Crippen molar-refractivity contribution in [3.05, 3.63) is 51.6 Å². The number of thiazole rings is 1. The van der Waals surface area contributed by atoms with E-state index in [0.717, 1.165) is 28.8 Å². The predicted octanol–water partition coefficient (Wildman–Crippen LogP) is 4.06. The molecule has 1 aliphatic rings. The van der Waals surface area contributed by atoms with Gasteiger partial charge in [-0.05, 0) is 44.5 Å². The van der Waals surface area contributed by atoms with Crippen LogP contribution < -0.4 is 19.1 Å². The van der Waals surface area contributed by atoms with Crippen molar-refractivity contribution in [2.75, 3.05) is 7.11 Å². The number of ether oxygens (including phenoxy) is 2. The maximum atomic E-state index is 13.2. The number of aryl methyl sites for hydroxylation is 1. The maximum absolute atomic E-state index is 13.2. The van der Waals surface area contributed by atoms with Crippen LogP contribution in [0.4, 0.5) is 0 Å². The van der Waals surface area contributed by atoms with Gasteiger partial charge in [-0.1, -0.05) is 24.3 Å². The Hall–Kier alpha value is -2.36. The standard InChI is InChI=1S/C22H26N2O5S2/c1-5-10-24-18-9-7-15(12-20(18)30-21(24)25)31(26,27)23-17-13-22(2,3)29-19-11-14(28-4)6-8-16(17)19/h6-9,11-12,17,23H,5,10,13H2,1-4H3/t17-/m1/s1. The number of fused-ring (bicyclic) bond motifs is 2. The van der Waals surface area contributed by atoms with E-state index in [0.29, 0.717) is 29.2 Å². The lowest BCUT2D eigenvalue weighted by atomic mass is 9.90. The minimum absolute atomic E-state index is 0.0755. The third kappa shape index (κ3) is 4.22.